The zero-order chi connectivity index (χ0) is 20.9. The van der Waals surface area contributed by atoms with Gasteiger partial charge in [0.2, 0.25) is 0 Å². The van der Waals surface area contributed by atoms with E-state index in [1.54, 1.807) is 0 Å². The summed E-state index contributed by atoms with van der Waals surface area (Å²) in [6, 6.07) is 13.0. The Bertz CT molecular complexity index is 773. The molecule has 0 amide bonds. The molecule has 5 heteroatoms. The zero-order valence-corrected chi connectivity index (χ0v) is 19.3. The van der Waals surface area contributed by atoms with Gasteiger partial charge in [0, 0.05) is 25.3 Å². The van der Waals surface area contributed by atoms with E-state index >= 15 is 0 Å². The quantitative estimate of drug-likeness (QED) is 0.538. The predicted molar refractivity (Wildman–Crippen MR) is 124 cm³/mol. The van der Waals surface area contributed by atoms with Gasteiger partial charge in [-0.2, -0.15) is 0 Å². The van der Waals surface area contributed by atoms with E-state index in [1.807, 2.05) is 24.4 Å². The Hall–Kier alpha value is -1.13. The maximum Gasteiger partial charge on any atom is 0.0595 e. The smallest absolute Gasteiger partial charge is 0.0595 e. The second kappa shape index (κ2) is 10.3. The highest BCUT2D eigenvalue weighted by molar-refractivity contribution is 6.42. The van der Waals surface area contributed by atoms with Crippen molar-refractivity contribution in [3.63, 3.8) is 0 Å². The molecule has 2 atom stereocenters. The molecular formula is C24H33Cl2N3. The van der Waals surface area contributed by atoms with Gasteiger partial charge in [-0.05, 0) is 61.1 Å². The number of hydrogen-bond acceptors (Lipinski definition) is 3. The van der Waals surface area contributed by atoms with Crippen LogP contribution in [0.4, 0.5) is 0 Å². The summed E-state index contributed by atoms with van der Waals surface area (Å²) < 4.78 is 0. The Morgan fingerprint density at radius 3 is 2.66 bits per heavy atom. The highest BCUT2D eigenvalue weighted by atomic mass is 35.5. The van der Waals surface area contributed by atoms with Crippen LogP contribution in [0.1, 0.15) is 63.8 Å². The molecule has 3 nitrogen and oxygen atoms in total. The van der Waals surface area contributed by atoms with E-state index in [0.29, 0.717) is 16.1 Å². The number of piperidine rings is 1. The molecule has 3 rings (SSSR count). The largest absolute Gasteiger partial charge is 0.308 e. The van der Waals surface area contributed by atoms with Gasteiger partial charge in [-0.25, -0.2) is 0 Å². The van der Waals surface area contributed by atoms with Crippen molar-refractivity contribution < 1.29 is 0 Å². The van der Waals surface area contributed by atoms with E-state index in [-0.39, 0.29) is 11.5 Å². The van der Waals surface area contributed by atoms with Gasteiger partial charge in [0.15, 0.2) is 0 Å². The number of nitrogens with one attached hydrogen (secondary N) is 1. The average molecular weight is 434 g/mol. The number of halogens is 2. The lowest BCUT2D eigenvalue weighted by atomic mass is 9.92. The summed E-state index contributed by atoms with van der Waals surface area (Å²) in [6.07, 6.45) is 6.73. The van der Waals surface area contributed by atoms with Crippen molar-refractivity contribution in [3.05, 3.63) is 63.9 Å². The van der Waals surface area contributed by atoms with Gasteiger partial charge >= 0.3 is 0 Å². The molecule has 2 aromatic rings. The lowest BCUT2D eigenvalue weighted by Crippen LogP contribution is -2.42. The van der Waals surface area contributed by atoms with E-state index in [1.165, 1.54) is 24.8 Å². The molecule has 0 radical (unpaired) electrons. The van der Waals surface area contributed by atoms with Crippen molar-refractivity contribution in [1.82, 2.24) is 15.2 Å². The van der Waals surface area contributed by atoms with Crippen LogP contribution in [0.15, 0.2) is 42.6 Å². The van der Waals surface area contributed by atoms with Crippen molar-refractivity contribution in [2.45, 2.75) is 65.1 Å². The third-order valence-electron chi connectivity index (χ3n) is 5.55. The molecule has 1 aromatic heterocycles. The van der Waals surface area contributed by atoms with Crippen LogP contribution < -0.4 is 5.32 Å². The van der Waals surface area contributed by atoms with Gasteiger partial charge in [0.1, 0.15) is 0 Å². The fourth-order valence-electron chi connectivity index (χ4n) is 4.00. The van der Waals surface area contributed by atoms with E-state index in [9.17, 15) is 0 Å². The molecular weight excluding hydrogens is 401 g/mol. The Morgan fingerprint density at radius 1 is 1.14 bits per heavy atom. The first-order valence-electron chi connectivity index (χ1n) is 10.6. The summed E-state index contributed by atoms with van der Waals surface area (Å²) in [5.74, 6) is 0. The third-order valence-corrected chi connectivity index (χ3v) is 6.29. The Morgan fingerprint density at radius 2 is 1.97 bits per heavy atom. The first-order valence-corrected chi connectivity index (χ1v) is 11.4. The van der Waals surface area contributed by atoms with Gasteiger partial charge in [-0.3, -0.25) is 9.88 Å². The molecule has 0 spiro atoms. The minimum absolute atomic E-state index is 0.235. The van der Waals surface area contributed by atoms with Gasteiger partial charge in [0.05, 0.1) is 21.8 Å². The maximum atomic E-state index is 6.25. The number of rotatable bonds is 7. The fraction of sp³-hybridized carbons (Fsp3) is 0.542. The van der Waals surface area contributed by atoms with Gasteiger partial charge in [0.25, 0.3) is 0 Å². The van der Waals surface area contributed by atoms with Crippen LogP contribution >= 0.6 is 23.2 Å². The van der Waals surface area contributed by atoms with Crippen LogP contribution in [0, 0.1) is 5.41 Å². The van der Waals surface area contributed by atoms with Crippen LogP contribution in [-0.2, 0) is 6.54 Å². The summed E-state index contributed by atoms with van der Waals surface area (Å²) in [6.45, 7) is 9.81. The van der Waals surface area contributed by atoms with Gasteiger partial charge < -0.3 is 5.32 Å². The van der Waals surface area contributed by atoms with E-state index in [2.05, 4.69) is 54.2 Å². The summed E-state index contributed by atoms with van der Waals surface area (Å²) in [4.78, 5) is 7.27. The molecule has 0 bridgehead atoms. The first-order chi connectivity index (χ1) is 13.8. The van der Waals surface area contributed by atoms with Crippen LogP contribution in [0.25, 0.3) is 0 Å². The highest BCUT2D eigenvalue weighted by Crippen LogP contribution is 2.30. The van der Waals surface area contributed by atoms with Crippen molar-refractivity contribution in [2.24, 2.45) is 5.41 Å². The Balaban J connectivity index is 1.73. The lowest BCUT2D eigenvalue weighted by molar-refractivity contribution is 0.120. The standard InChI is InChI=1S/C24H33Cl2N3/c1-24(2,3)17-28-23(22-9-4-6-12-27-22)15-19-8-5-7-13-29(19)16-18-10-11-20(25)21(26)14-18/h4,6,9-12,14,19,23,28H,5,7-8,13,15-17H2,1-3H3/t19-,23-/m1/s1. The molecule has 0 aliphatic carbocycles. The van der Waals surface area contributed by atoms with Crippen LogP contribution in [-0.4, -0.2) is 29.0 Å². The topological polar surface area (TPSA) is 28.2 Å². The first kappa shape index (κ1) is 22.6. The van der Waals surface area contributed by atoms with E-state index < -0.39 is 0 Å². The van der Waals surface area contributed by atoms with Crippen LogP contribution in [0.2, 0.25) is 10.0 Å². The van der Waals surface area contributed by atoms with E-state index in [0.717, 1.165) is 31.7 Å². The van der Waals surface area contributed by atoms with Gasteiger partial charge in [-0.15, -0.1) is 0 Å². The Kier molecular flexibility index (Phi) is 7.98. The highest BCUT2D eigenvalue weighted by Gasteiger charge is 2.27. The minimum Gasteiger partial charge on any atom is -0.308 e. The van der Waals surface area contributed by atoms with Crippen molar-refractivity contribution >= 4 is 23.2 Å². The number of benzene rings is 1. The molecule has 1 aliphatic rings. The summed E-state index contributed by atoms with van der Waals surface area (Å²) >= 11 is 12.3. The Labute approximate surface area is 185 Å². The number of nitrogens with zero attached hydrogens (tertiary/aromatic N) is 2. The molecule has 1 saturated heterocycles. The third kappa shape index (κ3) is 6.96. The number of aromatic nitrogens is 1. The molecule has 2 heterocycles. The number of pyridine rings is 1. The molecule has 0 unspecified atom stereocenters. The molecule has 1 aliphatic heterocycles. The van der Waals surface area contributed by atoms with E-state index in [4.69, 9.17) is 23.2 Å². The molecule has 1 aromatic carbocycles. The normalized spacial score (nSPS) is 19.3. The summed E-state index contributed by atoms with van der Waals surface area (Å²) in [5.41, 5.74) is 2.60. The van der Waals surface area contributed by atoms with Crippen molar-refractivity contribution in [2.75, 3.05) is 13.1 Å². The van der Waals surface area contributed by atoms with Crippen molar-refractivity contribution in [3.8, 4) is 0 Å². The molecule has 29 heavy (non-hydrogen) atoms. The number of hydrogen-bond donors (Lipinski definition) is 1. The monoisotopic (exact) mass is 433 g/mol. The second-order valence-electron chi connectivity index (χ2n) is 9.35. The average Bonchev–Trinajstić information content (AvgIpc) is 2.69. The fourth-order valence-corrected chi connectivity index (χ4v) is 4.32. The van der Waals surface area contributed by atoms with Crippen molar-refractivity contribution in [1.29, 1.82) is 0 Å². The minimum atomic E-state index is 0.235. The summed E-state index contributed by atoms with van der Waals surface area (Å²) in [5, 5.41) is 5.05. The predicted octanol–water partition coefficient (Wildman–Crippen LogP) is 6.51. The molecule has 1 fully saturated rings. The van der Waals surface area contributed by atoms with Crippen LogP contribution in [0.5, 0.6) is 0 Å². The maximum absolute atomic E-state index is 6.25. The van der Waals surface area contributed by atoms with Gasteiger partial charge in [-0.1, -0.05) is 62.5 Å². The molecule has 1 N–H and O–H groups in total. The SMILES string of the molecule is CC(C)(C)CN[C@H](C[C@H]1CCCCN1Cc1ccc(Cl)c(Cl)c1)c1ccccn1. The molecule has 0 saturated carbocycles. The second-order valence-corrected chi connectivity index (χ2v) is 10.2. The van der Waals surface area contributed by atoms with Crippen LogP contribution in [0.3, 0.4) is 0 Å². The molecule has 158 valence electrons. The lowest BCUT2D eigenvalue weighted by Gasteiger charge is -2.38. The number of likely N-dealkylation sites (tertiary alicyclic amines) is 1. The zero-order valence-electron chi connectivity index (χ0n) is 17.8. The summed E-state index contributed by atoms with van der Waals surface area (Å²) in [7, 11) is 0.